The lowest BCUT2D eigenvalue weighted by Crippen LogP contribution is -2.56. The van der Waals surface area contributed by atoms with E-state index >= 15 is 0 Å². The number of nitrogens with zero attached hydrogens (tertiary/aromatic N) is 4. The number of likely N-dealkylation sites (tertiary alicyclic amines) is 1. The Kier molecular flexibility index (Phi) is 5.77. The molecule has 9 heteroatoms. The van der Waals surface area contributed by atoms with Gasteiger partial charge in [-0.2, -0.15) is 5.10 Å². The first-order valence-electron chi connectivity index (χ1n) is 9.68. The number of hydrogen-bond acceptors (Lipinski definition) is 5. The molecule has 1 amide bonds. The van der Waals surface area contributed by atoms with Crippen molar-refractivity contribution < 1.29 is 18.3 Å². The number of ether oxygens (including phenoxy) is 1. The molecule has 0 saturated carbocycles. The van der Waals surface area contributed by atoms with Crippen molar-refractivity contribution in [2.24, 2.45) is 0 Å². The molecule has 3 heterocycles. The number of aromatic nitrogens is 3. The summed E-state index contributed by atoms with van der Waals surface area (Å²) in [6.07, 6.45) is 7.01. The number of piperidine rings is 1. The van der Waals surface area contributed by atoms with Crippen LogP contribution in [0.4, 0.5) is 19.3 Å². The molecular weight excluding hydrogens is 380 g/mol. The van der Waals surface area contributed by atoms with Crippen LogP contribution in [0.15, 0.2) is 30.9 Å². The van der Waals surface area contributed by atoms with Gasteiger partial charge in [0.05, 0.1) is 42.6 Å². The third-order valence-corrected chi connectivity index (χ3v) is 4.62. The van der Waals surface area contributed by atoms with E-state index in [2.05, 4.69) is 15.4 Å². The lowest BCUT2D eigenvalue weighted by molar-refractivity contribution is -0.0770. The van der Waals surface area contributed by atoms with E-state index in [0.29, 0.717) is 11.4 Å². The molecular formula is C20H27F2N5O2. The maximum atomic E-state index is 14.7. The highest BCUT2D eigenvalue weighted by atomic mass is 19.3. The van der Waals surface area contributed by atoms with Crippen molar-refractivity contribution >= 4 is 11.8 Å². The molecule has 1 unspecified atom stereocenters. The van der Waals surface area contributed by atoms with E-state index in [1.165, 1.54) is 6.20 Å². The lowest BCUT2D eigenvalue weighted by Gasteiger charge is -2.39. The molecule has 2 aromatic heterocycles. The Bertz CT molecular complexity index is 863. The van der Waals surface area contributed by atoms with Crippen LogP contribution in [0.25, 0.3) is 5.69 Å². The van der Waals surface area contributed by atoms with E-state index in [4.69, 9.17) is 4.74 Å². The zero-order valence-electron chi connectivity index (χ0n) is 17.2. The smallest absolute Gasteiger partial charge is 0.410 e. The van der Waals surface area contributed by atoms with E-state index in [-0.39, 0.29) is 13.0 Å². The number of alkyl halides is 2. The normalized spacial score (nSPS) is 19.1. The van der Waals surface area contributed by atoms with Gasteiger partial charge >= 0.3 is 6.09 Å². The number of aryl methyl sites for hydroxylation is 1. The molecule has 0 aliphatic carbocycles. The largest absolute Gasteiger partial charge is 0.444 e. The molecule has 0 radical (unpaired) electrons. The summed E-state index contributed by atoms with van der Waals surface area (Å²) in [7, 11) is 0. The zero-order valence-corrected chi connectivity index (χ0v) is 17.2. The summed E-state index contributed by atoms with van der Waals surface area (Å²) in [5, 5.41) is 7.15. The third-order valence-electron chi connectivity index (χ3n) is 4.62. The van der Waals surface area contributed by atoms with Crippen molar-refractivity contribution in [2.75, 3.05) is 18.4 Å². The van der Waals surface area contributed by atoms with Crippen LogP contribution in [0.2, 0.25) is 0 Å². The van der Waals surface area contributed by atoms with Crippen molar-refractivity contribution in [1.29, 1.82) is 0 Å². The van der Waals surface area contributed by atoms with Gasteiger partial charge in [-0.3, -0.25) is 4.98 Å². The number of carbonyl (C=O) groups is 1. The van der Waals surface area contributed by atoms with Crippen LogP contribution in [0.1, 0.15) is 39.7 Å². The fourth-order valence-electron chi connectivity index (χ4n) is 3.12. The minimum absolute atomic E-state index is 0.0955. The minimum atomic E-state index is -3.10. The third kappa shape index (κ3) is 5.21. The first-order chi connectivity index (χ1) is 13.6. The summed E-state index contributed by atoms with van der Waals surface area (Å²) in [6, 6.07) is 0.623. The van der Waals surface area contributed by atoms with Gasteiger partial charge in [-0.25, -0.2) is 18.3 Å². The predicted molar refractivity (Wildman–Crippen MR) is 106 cm³/mol. The average Bonchev–Trinajstić information content (AvgIpc) is 3.11. The van der Waals surface area contributed by atoms with Gasteiger partial charge in [-0.15, -0.1) is 0 Å². The number of pyridine rings is 1. The molecule has 0 bridgehead atoms. The Labute approximate surface area is 169 Å². The van der Waals surface area contributed by atoms with E-state index in [1.807, 2.05) is 13.1 Å². The Morgan fingerprint density at radius 3 is 2.72 bits per heavy atom. The number of carbonyl (C=O) groups excluding carboxylic acids is 1. The van der Waals surface area contributed by atoms with Crippen LogP contribution >= 0.6 is 0 Å². The standard InChI is InChI=1S/C20H27F2N5O2/c1-5-14-9-24-27(12-14)16-8-15(10-23-11-16)25-17-6-7-26(13-20(17,21)22)18(28)29-19(2,3)4/h8-12,17,25H,5-7,13H2,1-4H3. The van der Waals surface area contributed by atoms with E-state index in [9.17, 15) is 13.6 Å². The van der Waals surface area contributed by atoms with Crippen molar-refractivity contribution in [3.8, 4) is 5.69 Å². The first kappa shape index (κ1) is 21.0. The SMILES string of the molecule is CCc1cnn(-c2cncc(NC3CCN(C(=O)OC(C)(C)C)CC3(F)F)c2)c1. The number of halogens is 2. The van der Waals surface area contributed by atoms with E-state index in [1.54, 1.807) is 43.9 Å². The molecule has 0 aromatic carbocycles. The Balaban J connectivity index is 1.68. The van der Waals surface area contributed by atoms with Crippen molar-refractivity contribution in [2.45, 2.75) is 58.1 Å². The molecule has 1 saturated heterocycles. The second-order valence-electron chi connectivity index (χ2n) is 8.23. The fourth-order valence-corrected chi connectivity index (χ4v) is 3.12. The van der Waals surface area contributed by atoms with Crippen LogP contribution in [0.3, 0.4) is 0 Å². The molecule has 1 fully saturated rings. The summed E-state index contributed by atoms with van der Waals surface area (Å²) < 4.78 is 36.3. The topological polar surface area (TPSA) is 72.3 Å². The number of rotatable bonds is 4. The van der Waals surface area contributed by atoms with Gasteiger partial charge in [0.15, 0.2) is 0 Å². The highest BCUT2D eigenvalue weighted by Crippen LogP contribution is 2.31. The van der Waals surface area contributed by atoms with Crippen molar-refractivity contribution in [3.05, 3.63) is 36.4 Å². The number of hydrogen-bond donors (Lipinski definition) is 1. The second kappa shape index (κ2) is 7.96. The maximum Gasteiger partial charge on any atom is 0.410 e. The molecule has 1 aliphatic heterocycles. The van der Waals surface area contributed by atoms with Crippen LogP contribution in [-0.4, -0.2) is 56.4 Å². The minimum Gasteiger partial charge on any atom is -0.444 e. The molecule has 3 rings (SSSR count). The van der Waals surface area contributed by atoms with Crippen LogP contribution < -0.4 is 5.32 Å². The predicted octanol–water partition coefficient (Wildman–Crippen LogP) is 3.89. The molecule has 7 nitrogen and oxygen atoms in total. The fraction of sp³-hybridized carbons (Fsp3) is 0.550. The summed E-state index contributed by atoms with van der Waals surface area (Å²) in [6.45, 7) is 6.66. The Hall–Kier alpha value is -2.71. The monoisotopic (exact) mass is 407 g/mol. The molecule has 29 heavy (non-hydrogen) atoms. The lowest BCUT2D eigenvalue weighted by atomic mass is 10.0. The van der Waals surface area contributed by atoms with E-state index < -0.39 is 30.2 Å². The van der Waals surface area contributed by atoms with Crippen molar-refractivity contribution in [3.63, 3.8) is 0 Å². The average molecular weight is 407 g/mol. The van der Waals surface area contributed by atoms with Gasteiger partial charge in [0, 0.05) is 12.7 Å². The van der Waals surface area contributed by atoms with Gasteiger partial charge in [0.25, 0.3) is 5.92 Å². The van der Waals surface area contributed by atoms with Crippen molar-refractivity contribution in [1.82, 2.24) is 19.7 Å². The highest BCUT2D eigenvalue weighted by Gasteiger charge is 2.46. The Morgan fingerprint density at radius 2 is 2.10 bits per heavy atom. The second-order valence-corrected chi connectivity index (χ2v) is 8.23. The molecule has 1 aliphatic rings. The number of amides is 1. The van der Waals surface area contributed by atoms with Gasteiger partial charge in [-0.1, -0.05) is 6.92 Å². The molecule has 2 aromatic rings. The number of anilines is 1. The maximum absolute atomic E-state index is 14.7. The molecule has 1 N–H and O–H groups in total. The van der Waals surface area contributed by atoms with Crippen LogP contribution in [0.5, 0.6) is 0 Å². The quantitative estimate of drug-likeness (QED) is 0.833. The molecule has 158 valence electrons. The first-order valence-corrected chi connectivity index (χ1v) is 9.68. The molecule has 1 atom stereocenters. The summed E-state index contributed by atoms with van der Waals surface area (Å²) in [4.78, 5) is 17.3. The number of nitrogens with one attached hydrogen (secondary N) is 1. The summed E-state index contributed by atoms with van der Waals surface area (Å²) in [5.74, 6) is -3.10. The van der Waals surface area contributed by atoms with Gasteiger partial charge in [0.1, 0.15) is 5.60 Å². The van der Waals surface area contributed by atoms with Gasteiger partial charge in [0.2, 0.25) is 0 Å². The van der Waals surface area contributed by atoms with Crippen LogP contribution in [0, 0.1) is 0 Å². The Morgan fingerprint density at radius 1 is 1.34 bits per heavy atom. The van der Waals surface area contributed by atoms with Gasteiger partial charge < -0.3 is 15.0 Å². The summed E-state index contributed by atoms with van der Waals surface area (Å²) >= 11 is 0. The highest BCUT2D eigenvalue weighted by molar-refractivity contribution is 5.68. The molecule has 0 spiro atoms. The summed E-state index contributed by atoms with van der Waals surface area (Å²) in [5.41, 5.74) is 1.51. The van der Waals surface area contributed by atoms with Gasteiger partial charge in [-0.05, 0) is 45.2 Å². The van der Waals surface area contributed by atoms with E-state index in [0.717, 1.165) is 16.9 Å². The van der Waals surface area contributed by atoms with Crippen LogP contribution in [-0.2, 0) is 11.2 Å². The zero-order chi connectivity index (χ0) is 21.2.